The molecule has 0 spiro atoms. The second kappa shape index (κ2) is 1.02. The second-order valence-corrected chi connectivity index (χ2v) is 2.31. The number of allylic oxidation sites excluding steroid dienone is 2. The largest absolute Gasteiger partial charge is 0.294 e. The topological polar surface area (TPSA) is 17.1 Å². The first-order valence-electron chi connectivity index (χ1n) is 2.67. The summed E-state index contributed by atoms with van der Waals surface area (Å²) in [4.78, 5) is 10.5. The van der Waals surface area contributed by atoms with Crippen molar-refractivity contribution in [1.82, 2.24) is 0 Å². The van der Waals surface area contributed by atoms with Gasteiger partial charge in [-0.05, 0) is 6.08 Å². The molecule has 0 aromatic rings. The van der Waals surface area contributed by atoms with Crippen LogP contribution in [-0.2, 0) is 4.79 Å². The molecule has 1 saturated carbocycles. The highest BCUT2D eigenvalue weighted by atomic mass is 19.1. The van der Waals surface area contributed by atoms with Gasteiger partial charge in [0.25, 0.3) is 0 Å². The van der Waals surface area contributed by atoms with Gasteiger partial charge in [0.15, 0.2) is 5.78 Å². The van der Waals surface area contributed by atoms with Crippen molar-refractivity contribution in [3.63, 3.8) is 0 Å². The monoisotopic (exact) mass is 112 g/mol. The predicted molar refractivity (Wildman–Crippen MR) is 26.0 cm³/mol. The summed E-state index contributed by atoms with van der Waals surface area (Å²) in [6.45, 7) is 0. The highest BCUT2D eigenvalue weighted by Crippen LogP contribution is 2.47. The highest BCUT2D eigenvalue weighted by Gasteiger charge is 2.56. The van der Waals surface area contributed by atoms with E-state index in [1.807, 2.05) is 0 Å². The molecule has 0 heterocycles. The van der Waals surface area contributed by atoms with Gasteiger partial charge in [-0.3, -0.25) is 4.79 Å². The Kier molecular flexibility index (Phi) is 0.539. The first-order chi connectivity index (χ1) is 3.80. The Labute approximate surface area is 46.2 Å². The molecule has 2 unspecified atom stereocenters. The molecular formula is C6H5FO. The Morgan fingerprint density at radius 1 is 1.62 bits per heavy atom. The van der Waals surface area contributed by atoms with Crippen LogP contribution in [0.15, 0.2) is 12.2 Å². The van der Waals surface area contributed by atoms with Gasteiger partial charge >= 0.3 is 0 Å². The van der Waals surface area contributed by atoms with Gasteiger partial charge in [0.2, 0.25) is 0 Å². The van der Waals surface area contributed by atoms with Gasteiger partial charge in [-0.2, -0.15) is 0 Å². The van der Waals surface area contributed by atoms with E-state index in [0.717, 1.165) is 0 Å². The van der Waals surface area contributed by atoms with Crippen LogP contribution in [0, 0.1) is 11.8 Å². The van der Waals surface area contributed by atoms with E-state index < -0.39 is 6.17 Å². The molecule has 0 N–H and O–H groups in total. The maximum atomic E-state index is 12.2. The minimum atomic E-state index is -0.840. The number of hydrogen-bond acceptors (Lipinski definition) is 1. The molecule has 0 bridgehead atoms. The molecule has 2 aliphatic carbocycles. The Hall–Kier alpha value is -0.660. The van der Waals surface area contributed by atoms with E-state index >= 15 is 0 Å². The molecule has 0 aromatic carbocycles. The van der Waals surface area contributed by atoms with E-state index in [1.54, 1.807) is 6.08 Å². The Morgan fingerprint density at radius 3 is 2.62 bits per heavy atom. The minimum absolute atomic E-state index is 0.0255. The molecule has 1 nitrogen and oxygen atoms in total. The van der Waals surface area contributed by atoms with E-state index in [0.29, 0.717) is 0 Å². The van der Waals surface area contributed by atoms with Crippen LogP contribution in [0.5, 0.6) is 0 Å². The fourth-order valence-electron chi connectivity index (χ4n) is 1.19. The van der Waals surface area contributed by atoms with Gasteiger partial charge in [-0.1, -0.05) is 6.08 Å². The summed E-state index contributed by atoms with van der Waals surface area (Å²) in [7, 11) is 0. The van der Waals surface area contributed by atoms with Gasteiger partial charge < -0.3 is 0 Å². The number of alkyl halides is 1. The normalized spacial score (nSPS) is 49.6. The van der Waals surface area contributed by atoms with E-state index in [4.69, 9.17) is 0 Å². The van der Waals surface area contributed by atoms with Gasteiger partial charge in [-0.15, -0.1) is 0 Å². The molecule has 8 heavy (non-hydrogen) atoms. The summed E-state index contributed by atoms with van der Waals surface area (Å²) in [6, 6.07) is 0. The minimum Gasteiger partial charge on any atom is -0.294 e. The molecule has 2 aliphatic rings. The molecule has 2 heteroatoms. The van der Waals surface area contributed by atoms with Crippen LogP contribution in [0.3, 0.4) is 0 Å². The summed E-state index contributed by atoms with van der Waals surface area (Å²) >= 11 is 0. The third-order valence-electron chi connectivity index (χ3n) is 1.80. The molecule has 0 saturated heterocycles. The molecule has 1 fully saturated rings. The molecule has 42 valence electrons. The fraction of sp³-hybridized carbons (Fsp3) is 0.500. The lowest BCUT2D eigenvalue weighted by Gasteiger charge is -1.80. The molecule has 0 radical (unpaired) electrons. The van der Waals surface area contributed by atoms with Crippen molar-refractivity contribution in [3.05, 3.63) is 12.2 Å². The zero-order valence-corrected chi connectivity index (χ0v) is 4.17. The summed E-state index contributed by atoms with van der Waals surface area (Å²) in [6.07, 6.45) is 2.30. The van der Waals surface area contributed by atoms with Crippen molar-refractivity contribution >= 4 is 5.78 Å². The van der Waals surface area contributed by atoms with Crippen molar-refractivity contribution in [2.24, 2.45) is 11.8 Å². The second-order valence-electron chi connectivity index (χ2n) is 2.31. The lowest BCUT2D eigenvalue weighted by atomic mass is 10.3. The van der Waals surface area contributed by atoms with Crippen LogP contribution in [0.2, 0.25) is 0 Å². The SMILES string of the molecule is O=C1C=CC2C1[C@@H]2F. The van der Waals surface area contributed by atoms with Gasteiger partial charge in [0.1, 0.15) is 6.17 Å². The summed E-state index contributed by atoms with van der Waals surface area (Å²) in [5.41, 5.74) is 0. The lowest BCUT2D eigenvalue weighted by Crippen LogP contribution is -1.94. The van der Waals surface area contributed by atoms with E-state index in [9.17, 15) is 9.18 Å². The molecular weight excluding hydrogens is 107 g/mol. The number of ketones is 1. The molecule has 2 rings (SSSR count). The number of carbonyl (C=O) groups excluding carboxylic acids is 1. The predicted octanol–water partition coefficient (Wildman–Crippen LogP) is 0.709. The number of hydrogen-bond donors (Lipinski definition) is 0. The maximum Gasteiger partial charge on any atom is 0.162 e. The molecule has 0 aromatic heterocycles. The third kappa shape index (κ3) is 0.299. The smallest absolute Gasteiger partial charge is 0.162 e. The third-order valence-corrected chi connectivity index (χ3v) is 1.80. The lowest BCUT2D eigenvalue weighted by molar-refractivity contribution is -0.115. The van der Waals surface area contributed by atoms with Crippen molar-refractivity contribution < 1.29 is 9.18 Å². The molecule has 0 amide bonds. The Balaban J connectivity index is 2.29. The molecule has 3 atom stereocenters. The van der Waals surface area contributed by atoms with E-state index in [1.165, 1.54) is 6.08 Å². The van der Waals surface area contributed by atoms with Crippen LogP contribution in [-0.4, -0.2) is 12.0 Å². The van der Waals surface area contributed by atoms with E-state index in [-0.39, 0.29) is 17.6 Å². The average Bonchev–Trinajstić information content (AvgIpc) is 2.13. The van der Waals surface area contributed by atoms with Crippen molar-refractivity contribution in [2.75, 3.05) is 0 Å². The van der Waals surface area contributed by atoms with Crippen molar-refractivity contribution in [1.29, 1.82) is 0 Å². The van der Waals surface area contributed by atoms with Gasteiger partial charge in [-0.25, -0.2) is 4.39 Å². The van der Waals surface area contributed by atoms with Gasteiger partial charge in [0.05, 0.1) is 5.92 Å². The first-order valence-corrected chi connectivity index (χ1v) is 2.67. The summed E-state index contributed by atoms with van der Waals surface area (Å²) in [5, 5.41) is 0. The van der Waals surface area contributed by atoms with Crippen LogP contribution in [0.4, 0.5) is 4.39 Å². The zero-order chi connectivity index (χ0) is 5.72. The van der Waals surface area contributed by atoms with Crippen molar-refractivity contribution in [2.45, 2.75) is 6.17 Å². The van der Waals surface area contributed by atoms with Gasteiger partial charge in [0, 0.05) is 5.92 Å². The highest BCUT2D eigenvalue weighted by molar-refractivity contribution is 5.98. The first kappa shape index (κ1) is 4.24. The quantitative estimate of drug-likeness (QED) is 0.451. The number of halogens is 1. The fourth-order valence-corrected chi connectivity index (χ4v) is 1.19. The standard InChI is InChI=1S/C6H5FO/c7-6-3-1-2-4(8)5(3)6/h1-3,5-6H/t3?,5?,6-/m1/s1. The van der Waals surface area contributed by atoms with Crippen LogP contribution in [0.25, 0.3) is 0 Å². The molecule has 0 aliphatic heterocycles. The van der Waals surface area contributed by atoms with Crippen LogP contribution < -0.4 is 0 Å². The summed E-state index contributed by atoms with van der Waals surface area (Å²) in [5.74, 6) is -0.333. The number of carbonyl (C=O) groups is 1. The average molecular weight is 112 g/mol. The number of rotatable bonds is 0. The van der Waals surface area contributed by atoms with Crippen LogP contribution in [0.1, 0.15) is 0 Å². The summed E-state index contributed by atoms with van der Waals surface area (Å²) < 4.78 is 12.2. The van der Waals surface area contributed by atoms with Crippen LogP contribution >= 0.6 is 0 Å². The Morgan fingerprint density at radius 2 is 2.38 bits per heavy atom. The maximum absolute atomic E-state index is 12.2. The Bertz CT molecular complexity index is 173. The van der Waals surface area contributed by atoms with Crippen molar-refractivity contribution in [3.8, 4) is 0 Å². The van der Waals surface area contributed by atoms with E-state index in [2.05, 4.69) is 0 Å². The number of fused-ring (bicyclic) bond motifs is 1. The zero-order valence-electron chi connectivity index (χ0n) is 4.17.